The van der Waals surface area contributed by atoms with E-state index in [2.05, 4.69) is 16.0 Å². The van der Waals surface area contributed by atoms with Gasteiger partial charge in [-0.25, -0.2) is 4.79 Å². The molecular weight excluding hydrogens is 332 g/mol. The fourth-order valence-electron chi connectivity index (χ4n) is 3.74. The van der Waals surface area contributed by atoms with E-state index in [0.29, 0.717) is 6.54 Å². The number of aryl methyl sites for hydroxylation is 1. The summed E-state index contributed by atoms with van der Waals surface area (Å²) in [5.41, 5.74) is 1.18. The fourth-order valence-corrected chi connectivity index (χ4v) is 3.74. The SMILES string of the molecule is Cc1ccccc1CNC(=O)CN1C(=O)N[C@@](C)(C2CCNCC2)C1=O. The second-order valence-electron chi connectivity index (χ2n) is 7.25. The van der Waals surface area contributed by atoms with Crippen molar-refractivity contribution in [3.05, 3.63) is 35.4 Å². The van der Waals surface area contributed by atoms with Gasteiger partial charge in [-0.1, -0.05) is 24.3 Å². The van der Waals surface area contributed by atoms with Crippen LogP contribution >= 0.6 is 0 Å². The van der Waals surface area contributed by atoms with Crippen LogP contribution < -0.4 is 16.0 Å². The van der Waals surface area contributed by atoms with Crippen molar-refractivity contribution in [2.75, 3.05) is 19.6 Å². The molecular formula is C19H26N4O3. The summed E-state index contributed by atoms with van der Waals surface area (Å²) in [6.07, 6.45) is 1.66. The first-order chi connectivity index (χ1) is 12.4. The summed E-state index contributed by atoms with van der Waals surface area (Å²) in [4.78, 5) is 38.5. The minimum atomic E-state index is -0.921. The van der Waals surface area contributed by atoms with Crippen LogP contribution in [0.25, 0.3) is 0 Å². The number of nitrogens with zero attached hydrogens (tertiary/aromatic N) is 1. The number of piperidine rings is 1. The number of urea groups is 1. The predicted molar refractivity (Wildman–Crippen MR) is 97.3 cm³/mol. The summed E-state index contributed by atoms with van der Waals surface area (Å²) < 4.78 is 0. The summed E-state index contributed by atoms with van der Waals surface area (Å²) in [5, 5.41) is 8.87. The molecule has 0 spiro atoms. The molecule has 1 aromatic carbocycles. The maximum Gasteiger partial charge on any atom is 0.325 e. The number of hydrogen-bond acceptors (Lipinski definition) is 4. The molecule has 0 bridgehead atoms. The Hall–Kier alpha value is -2.41. The van der Waals surface area contributed by atoms with E-state index >= 15 is 0 Å². The topological polar surface area (TPSA) is 90.5 Å². The van der Waals surface area contributed by atoms with Gasteiger partial charge < -0.3 is 16.0 Å². The summed E-state index contributed by atoms with van der Waals surface area (Å²) in [5.74, 6) is -0.563. The molecule has 1 aromatic rings. The normalized spacial score (nSPS) is 23.8. The van der Waals surface area contributed by atoms with E-state index in [-0.39, 0.29) is 24.3 Å². The molecule has 1 atom stereocenters. The van der Waals surface area contributed by atoms with Crippen molar-refractivity contribution in [1.29, 1.82) is 0 Å². The number of rotatable bonds is 5. The third-order valence-electron chi connectivity index (χ3n) is 5.50. The van der Waals surface area contributed by atoms with Crippen LogP contribution in [-0.4, -0.2) is 47.9 Å². The van der Waals surface area contributed by atoms with Crippen LogP contribution in [0.4, 0.5) is 4.79 Å². The molecule has 2 aliphatic rings. The number of carbonyl (C=O) groups is 3. The summed E-state index contributed by atoms with van der Waals surface area (Å²) >= 11 is 0. The predicted octanol–water partition coefficient (Wildman–Crippen LogP) is 0.921. The zero-order valence-corrected chi connectivity index (χ0v) is 15.3. The summed E-state index contributed by atoms with van der Waals surface area (Å²) in [6.45, 7) is 5.54. The maximum atomic E-state index is 12.8. The molecule has 2 heterocycles. The van der Waals surface area contributed by atoms with Gasteiger partial charge in [0.1, 0.15) is 12.1 Å². The third-order valence-corrected chi connectivity index (χ3v) is 5.50. The molecule has 0 unspecified atom stereocenters. The quantitative estimate of drug-likeness (QED) is 0.683. The highest BCUT2D eigenvalue weighted by Gasteiger charge is 2.52. The average Bonchev–Trinajstić information content (AvgIpc) is 2.86. The zero-order valence-electron chi connectivity index (χ0n) is 15.3. The molecule has 0 saturated carbocycles. The number of amides is 4. The number of benzene rings is 1. The van der Waals surface area contributed by atoms with E-state index in [1.54, 1.807) is 6.92 Å². The van der Waals surface area contributed by atoms with Gasteiger partial charge in [0.05, 0.1) is 0 Å². The van der Waals surface area contributed by atoms with Crippen molar-refractivity contribution in [3.63, 3.8) is 0 Å². The van der Waals surface area contributed by atoms with E-state index in [0.717, 1.165) is 42.0 Å². The Kier molecular flexibility index (Phi) is 5.27. The molecule has 0 aromatic heterocycles. The van der Waals surface area contributed by atoms with Gasteiger partial charge in [-0.3, -0.25) is 14.5 Å². The molecule has 140 valence electrons. The first kappa shape index (κ1) is 18.4. The van der Waals surface area contributed by atoms with Crippen LogP contribution in [0.2, 0.25) is 0 Å². The zero-order chi connectivity index (χ0) is 18.7. The highest BCUT2D eigenvalue weighted by Crippen LogP contribution is 2.31. The van der Waals surface area contributed by atoms with Gasteiger partial charge in [0.2, 0.25) is 5.91 Å². The van der Waals surface area contributed by atoms with Crippen molar-refractivity contribution in [2.24, 2.45) is 5.92 Å². The van der Waals surface area contributed by atoms with Crippen LogP contribution in [0.1, 0.15) is 30.9 Å². The molecule has 0 aliphatic carbocycles. The van der Waals surface area contributed by atoms with Crippen molar-refractivity contribution < 1.29 is 14.4 Å². The molecule has 0 radical (unpaired) electrons. The van der Waals surface area contributed by atoms with Crippen molar-refractivity contribution in [3.8, 4) is 0 Å². The van der Waals surface area contributed by atoms with E-state index in [1.165, 1.54) is 0 Å². The average molecular weight is 358 g/mol. The fraction of sp³-hybridized carbons (Fsp3) is 0.526. The second-order valence-corrected chi connectivity index (χ2v) is 7.25. The number of nitrogens with one attached hydrogen (secondary N) is 3. The summed E-state index contributed by atoms with van der Waals surface area (Å²) in [7, 11) is 0. The van der Waals surface area contributed by atoms with Crippen LogP contribution in [0.15, 0.2) is 24.3 Å². The second kappa shape index (κ2) is 7.45. The van der Waals surface area contributed by atoms with Crippen LogP contribution in [-0.2, 0) is 16.1 Å². The Balaban J connectivity index is 1.60. The van der Waals surface area contributed by atoms with Crippen molar-refractivity contribution in [1.82, 2.24) is 20.9 Å². The Labute approximate surface area is 153 Å². The van der Waals surface area contributed by atoms with Crippen LogP contribution in [0.5, 0.6) is 0 Å². The lowest BCUT2D eigenvalue weighted by Gasteiger charge is -2.34. The standard InChI is InChI=1S/C19H26N4O3/c1-13-5-3-4-6-14(13)11-21-16(24)12-23-17(25)19(2,22-18(23)26)15-7-9-20-10-8-15/h3-6,15,20H,7-12H2,1-2H3,(H,21,24)(H,22,26)/t19-/m0/s1. The first-order valence-electron chi connectivity index (χ1n) is 9.08. The van der Waals surface area contributed by atoms with E-state index < -0.39 is 11.6 Å². The van der Waals surface area contributed by atoms with Crippen LogP contribution in [0, 0.1) is 12.8 Å². The molecule has 7 heteroatoms. The molecule has 4 amide bonds. The van der Waals surface area contributed by atoms with Gasteiger partial charge in [0.25, 0.3) is 5.91 Å². The van der Waals surface area contributed by atoms with E-state index in [4.69, 9.17) is 0 Å². The highest BCUT2D eigenvalue weighted by atomic mass is 16.2. The molecule has 26 heavy (non-hydrogen) atoms. The van der Waals surface area contributed by atoms with Crippen molar-refractivity contribution in [2.45, 2.75) is 38.8 Å². The Morgan fingerprint density at radius 1 is 1.27 bits per heavy atom. The highest BCUT2D eigenvalue weighted by molar-refractivity contribution is 6.09. The molecule has 2 saturated heterocycles. The molecule has 7 nitrogen and oxygen atoms in total. The third kappa shape index (κ3) is 3.58. The minimum absolute atomic E-state index is 0.0835. The largest absolute Gasteiger partial charge is 0.350 e. The molecule has 3 rings (SSSR count). The van der Waals surface area contributed by atoms with Gasteiger partial charge >= 0.3 is 6.03 Å². The lowest BCUT2D eigenvalue weighted by Crippen LogP contribution is -2.53. The Morgan fingerprint density at radius 3 is 2.65 bits per heavy atom. The molecule has 3 N–H and O–H groups in total. The lowest BCUT2D eigenvalue weighted by atomic mass is 9.79. The van der Waals surface area contributed by atoms with Gasteiger partial charge in [-0.05, 0) is 56.8 Å². The maximum absolute atomic E-state index is 12.8. The lowest BCUT2D eigenvalue weighted by molar-refractivity contribution is -0.136. The van der Waals surface area contributed by atoms with Gasteiger partial charge in [0.15, 0.2) is 0 Å². The summed E-state index contributed by atoms with van der Waals surface area (Å²) in [6, 6.07) is 7.29. The van der Waals surface area contributed by atoms with Gasteiger partial charge in [0, 0.05) is 6.54 Å². The monoisotopic (exact) mass is 358 g/mol. The minimum Gasteiger partial charge on any atom is -0.350 e. The van der Waals surface area contributed by atoms with Gasteiger partial charge in [-0.2, -0.15) is 0 Å². The smallest absolute Gasteiger partial charge is 0.325 e. The number of hydrogen-bond donors (Lipinski definition) is 3. The Morgan fingerprint density at radius 2 is 1.96 bits per heavy atom. The van der Waals surface area contributed by atoms with Crippen molar-refractivity contribution >= 4 is 17.8 Å². The van der Waals surface area contributed by atoms with Crippen LogP contribution in [0.3, 0.4) is 0 Å². The first-order valence-corrected chi connectivity index (χ1v) is 9.08. The van der Waals surface area contributed by atoms with Gasteiger partial charge in [-0.15, -0.1) is 0 Å². The molecule has 2 fully saturated rings. The molecule has 2 aliphatic heterocycles. The van der Waals surface area contributed by atoms with E-state index in [9.17, 15) is 14.4 Å². The van der Waals surface area contributed by atoms with E-state index in [1.807, 2.05) is 31.2 Å². The number of imide groups is 1. The number of carbonyl (C=O) groups excluding carboxylic acids is 3. The Bertz CT molecular complexity index is 714.